The average Bonchev–Trinajstić information content (AvgIpc) is 2.85. The first-order valence-corrected chi connectivity index (χ1v) is 7.02. The number of nitrogens with zero attached hydrogens (tertiary/aromatic N) is 3. The molecular weight excluding hydrogens is 317 g/mol. The summed E-state index contributed by atoms with van der Waals surface area (Å²) in [6.45, 7) is 2.44. The van der Waals surface area contributed by atoms with Gasteiger partial charge in [0, 0.05) is 0 Å². The molecule has 0 saturated heterocycles. The summed E-state index contributed by atoms with van der Waals surface area (Å²) in [6.07, 6.45) is 0.515. The highest BCUT2D eigenvalue weighted by atomic mass is 35.5. The van der Waals surface area contributed by atoms with Crippen molar-refractivity contribution in [1.82, 2.24) is 15.0 Å². The van der Waals surface area contributed by atoms with Crippen molar-refractivity contribution in [2.24, 2.45) is 0 Å². The van der Waals surface area contributed by atoms with E-state index < -0.39 is 5.97 Å². The Kier molecular flexibility index (Phi) is 5.03. The topological polar surface area (TPSA) is 77.2 Å². The zero-order valence-corrected chi connectivity index (χ0v) is 12.7. The molecule has 0 atom stereocenters. The third-order valence-electron chi connectivity index (χ3n) is 2.84. The molecule has 2 rings (SSSR count). The van der Waals surface area contributed by atoms with Crippen LogP contribution in [0.2, 0.25) is 10.0 Å². The summed E-state index contributed by atoms with van der Waals surface area (Å²) in [4.78, 5) is 11.0. The van der Waals surface area contributed by atoms with Gasteiger partial charge in [-0.05, 0) is 18.6 Å². The molecular formula is C13H13Cl2N3O3. The van der Waals surface area contributed by atoms with E-state index in [1.165, 1.54) is 4.68 Å². The third-order valence-corrected chi connectivity index (χ3v) is 3.44. The monoisotopic (exact) mass is 329 g/mol. The molecule has 0 aliphatic rings. The number of rotatable bonds is 6. The lowest BCUT2D eigenvalue weighted by Gasteiger charge is -2.10. The molecule has 1 aromatic carbocycles. The van der Waals surface area contributed by atoms with Crippen LogP contribution in [0.25, 0.3) is 0 Å². The number of carboxylic acid groups (broad SMARTS) is 1. The Hall–Kier alpha value is -1.79. The van der Waals surface area contributed by atoms with Crippen molar-refractivity contribution in [2.45, 2.75) is 19.9 Å². The number of hydrogen-bond donors (Lipinski definition) is 1. The first kappa shape index (κ1) is 15.6. The van der Waals surface area contributed by atoms with Gasteiger partial charge in [-0.15, -0.1) is 5.10 Å². The standard InChI is InChI=1S/C13H13Cl2N3O3/c1-2-10-11(13(19)20)16-17-18(10)6-7-21-12-8(14)4-3-5-9(12)15/h3-5H,2,6-7H2,1H3,(H,19,20). The van der Waals surface area contributed by atoms with Crippen LogP contribution in [0.3, 0.4) is 0 Å². The molecule has 21 heavy (non-hydrogen) atoms. The minimum absolute atomic E-state index is 0.0340. The maximum Gasteiger partial charge on any atom is 0.358 e. The predicted molar refractivity (Wildman–Crippen MR) is 78.3 cm³/mol. The number of carbonyl (C=O) groups is 1. The summed E-state index contributed by atoms with van der Waals surface area (Å²) in [5.74, 6) is -0.689. The van der Waals surface area contributed by atoms with E-state index in [2.05, 4.69) is 10.3 Å². The fourth-order valence-corrected chi connectivity index (χ4v) is 2.39. The van der Waals surface area contributed by atoms with Gasteiger partial charge in [-0.25, -0.2) is 9.48 Å². The molecule has 6 nitrogen and oxygen atoms in total. The van der Waals surface area contributed by atoms with Gasteiger partial charge in [0.2, 0.25) is 0 Å². The van der Waals surface area contributed by atoms with Crippen LogP contribution in [-0.2, 0) is 13.0 Å². The lowest BCUT2D eigenvalue weighted by atomic mass is 10.2. The van der Waals surface area contributed by atoms with Crippen LogP contribution in [-0.4, -0.2) is 32.7 Å². The summed E-state index contributed by atoms with van der Waals surface area (Å²) in [5, 5.41) is 17.3. The molecule has 0 aliphatic heterocycles. The summed E-state index contributed by atoms with van der Waals surface area (Å²) in [7, 11) is 0. The van der Waals surface area contributed by atoms with Gasteiger partial charge in [-0.1, -0.05) is 41.4 Å². The van der Waals surface area contributed by atoms with Crippen molar-refractivity contribution in [1.29, 1.82) is 0 Å². The van der Waals surface area contributed by atoms with Gasteiger partial charge in [0.1, 0.15) is 6.61 Å². The molecule has 1 heterocycles. The second-order valence-corrected chi connectivity index (χ2v) is 4.98. The molecule has 112 valence electrons. The highest BCUT2D eigenvalue weighted by Gasteiger charge is 2.17. The van der Waals surface area contributed by atoms with E-state index in [1.807, 2.05) is 6.92 Å². The molecule has 1 N–H and O–H groups in total. The quantitative estimate of drug-likeness (QED) is 0.881. The normalized spacial score (nSPS) is 10.6. The van der Waals surface area contributed by atoms with Gasteiger partial charge in [0.05, 0.1) is 22.3 Å². The van der Waals surface area contributed by atoms with Crippen LogP contribution >= 0.6 is 23.2 Å². The molecule has 0 aliphatic carbocycles. The van der Waals surface area contributed by atoms with Crippen molar-refractivity contribution < 1.29 is 14.6 Å². The lowest BCUT2D eigenvalue weighted by Crippen LogP contribution is -2.13. The fourth-order valence-electron chi connectivity index (χ4n) is 1.88. The minimum atomic E-state index is -1.09. The second kappa shape index (κ2) is 6.78. The number of benzene rings is 1. The van der Waals surface area contributed by atoms with Gasteiger partial charge in [-0.3, -0.25) is 0 Å². The lowest BCUT2D eigenvalue weighted by molar-refractivity contribution is 0.0689. The summed E-state index contributed by atoms with van der Waals surface area (Å²) < 4.78 is 7.05. The first-order valence-electron chi connectivity index (χ1n) is 6.27. The molecule has 0 fully saturated rings. The Bertz CT molecular complexity index is 638. The SMILES string of the molecule is CCc1c(C(=O)O)nnn1CCOc1c(Cl)cccc1Cl. The predicted octanol–water partition coefficient (Wildman–Crippen LogP) is 2.92. The Morgan fingerprint density at radius 1 is 1.38 bits per heavy atom. The fraction of sp³-hybridized carbons (Fsp3) is 0.308. The van der Waals surface area contributed by atoms with Crippen molar-refractivity contribution in [3.63, 3.8) is 0 Å². The van der Waals surface area contributed by atoms with Crippen LogP contribution in [0.15, 0.2) is 18.2 Å². The highest BCUT2D eigenvalue weighted by molar-refractivity contribution is 6.37. The number of para-hydroxylation sites is 1. The molecule has 0 unspecified atom stereocenters. The van der Waals surface area contributed by atoms with E-state index in [-0.39, 0.29) is 12.3 Å². The van der Waals surface area contributed by atoms with E-state index in [1.54, 1.807) is 18.2 Å². The first-order chi connectivity index (χ1) is 10.0. The summed E-state index contributed by atoms with van der Waals surface area (Å²) >= 11 is 12.0. The van der Waals surface area contributed by atoms with Crippen molar-refractivity contribution in [3.05, 3.63) is 39.6 Å². The Balaban J connectivity index is 2.06. The Morgan fingerprint density at radius 3 is 2.62 bits per heavy atom. The smallest absolute Gasteiger partial charge is 0.358 e. The maximum absolute atomic E-state index is 11.0. The largest absolute Gasteiger partial charge is 0.489 e. The third kappa shape index (κ3) is 3.46. The van der Waals surface area contributed by atoms with E-state index in [0.717, 1.165) is 0 Å². The van der Waals surface area contributed by atoms with Crippen LogP contribution in [0, 0.1) is 0 Å². The van der Waals surface area contributed by atoms with Gasteiger partial charge in [0.15, 0.2) is 11.4 Å². The van der Waals surface area contributed by atoms with Gasteiger partial charge in [-0.2, -0.15) is 0 Å². The van der Waals surface area contributed by atoms with Gasteiger partial charge in [0.25, 0.3) is 0 Å². The summed E-state index contributed by atoms with van der Waals surface area (Å²) in [6, 6.07) is 5.08. The number of aromatic nitrogens is 3. The Morgan fingerprint density at radius 2 is 2.05 bits per heavy atom. The molecule has 2 aromatic rings. The van der Waals surface area contributed by atoms with E-state index in [9.17, 15) is 4.79 Å². The van der Waals surface area contributed by atoms with Crippen molar-refractivity contribution >= 4 is 29.2 Å². The highest BCUT2D eigenvalue weighted by Crippen LogP contribution is 2.32. The number of carboxylic acids is 1. The van der Waals surface area contributed by atoms with Crippen LogP contribution in [0.1, 0.15) is 23.1 Å². The summed E-state index contributed by atoms with van der Waals surface area (Å²) in [5.41, 5.74) is 0.518. The van der Waals surface area contributed by atoms with Crippen LogP contribution in [0.4, 0.5) is 0 Å². The molecule has 0 saturated carbocycles. The van der Waals surface area contributed by atoms with Gasteiger partial charge >= 0.3 is 5.97 Å². The van der Waals surface area contributed by atoms with Crippen molar-refractivity contribution in [3.8, 4) is 5.75 Å². The number of ether oxygens (including phenoxy) is 1. The number of halogens is 2. The zero-order chi connectivity index (χ0) is 15.4. The molecule has 0 bridgehead atoms. The van der Waals surface area contributed by atoms with Gasteiger partial charge < -0.3 is 9.84 Å². The number of hydrogen-bond acceptors (Lipinski definition) is 4. The zero-order valence-electron chi connectivity index (χ0n) is 11.2. The van der Waals surface area contributed by atoms with E-state index in [0.29, 0.717) is 34.5 Å². The average molecular weight is 330 g/mol. The number of aromatic carboxylic acids is 1. The molecule has 0 spiro atoms. The van der Waals surface area contributed by atoms with Crippen molar-refractivity contribution in [2.75, 3.05) is 6.61 Å². The second-order valence-electron chi connectivity index (χ2n) is 4.17. The molecule has 0 amide bonds. The van der Waals surface area contributed by atoms with Crippen LogP contribution < -0.4 is 4.74 Å². The Labute approximate surface area is 131 Å². The van der Waals surface area contributed by atoms with E-state index in [4.69, 9.17) is 33.0 Å². The molecule has 0 radical (unpaired) electrons. The van der Waals surface area contributed by atoms with E-state index >= 15 is 0 Å². The molecule has 8 heteroatoms. The maximum atomic E-state index is 11.0. The molecule has 1 aromatic heterocycles. The minimum Gasteiger partial charge on any atom is -0.489 e. The van der Waals surface area contributed by atoms with Crippen LogP contribution in [0.5, 0.6) is 5.75 Å².